The minimum Gasteiger partial charge on any atom is -0.309 e. The van der Waals surface area contributed by atoms with Crippen LogP contribution in [0.3, 0.4) is 0 Å². The molecule has 0 fully saturated rings. The van der Waals surface area contributed by atoms with E-state index in [9.17, 15) is 0 Å². The van der Waals surface area contributed by atoms with Gasteiger partial charge in [-0.3, -0.25) is 0 Å². The first kappa shape index (κ1) is 11.9. The van der Waals surface area contributed by atoms with E-state index in [4.69, 9.17) is 0 Å². The van der Waals surface area contributed by atoms with E-state index in [1.54, 1.807) is 5.57 Å². The summed E-state index contributed by atoms with van der Waals surface area (Å²) in [7, 11) is 0. The highest BCUT2D eigenvalue weighted by Crippen LogP contribution is 2.23. The predicted octanol–water partition coefficient (Wildman–Crippen LogP) is 4.21. The van der Waals surface area contributed by atoms with Crippen molar-refractivity contribution in [2.45, 2.75) is 45.6 Å². The van der Waals surface area contributed by atoms with Gasteiger partial charge in [0.25, 0.3) is 0 Å². The molecule has 88 valence electrons. The van der Waals surface area contributed by atoms with Crippen LogP contribution in [0.5, 0.6) is 0 Å². The highest BCUT2D eigenvalue weighted by atomic mass is 32.1. The van der Waals surface area contributed by atoms with Crippen LogP contribution in [-0.4, -0.2) is 6.54 Å². The van der Waals surface area contributed by atoms with E-state index in [1.807, 2.05) is 11.3 Å². The summed E-state index contributed by atoms with van der Waals surface area (Å²) in [5, 5.41) is 3.61. The van der Waals surface area contributed by atoms with E-state index in [2.05, 4.69) is 37.4 Å². The van der Waals surface area contributed by atoms with Gasteiger partial charge >= 0.3 is 0 Å². The molecule has 16 heavy (non-hydrogen) atoms. The topological polar surface area (TPSA) is 12.0 Å². The maximum absolute atomic E-state index is 3.61. The molecule has 1 aliphatic carbocycles. The molecule has 0 aliphatic heterocycles. The molecule has 0 aromatic carbocycles. The van der Waals surface area contributed by atoms with E-state index in [0.29, 0.717) is 6.04 Å². The Labute approximate surface area is 103 Å². The molecular weight excluding hydrogens is 214 g/mol. The van der Waals surface area contributed by atoms with Crippen molar-refractivity contribution >= 4 is 11.3 Å². The second kappa shape index (κ2) is 5.65. The molecule has 0 amide bonds. The normalized spacial score (nSPS) is 17.5. The zero-order valence-corrected chi connectivity index (χ0v) is 11.1. The largest absolute Gasteiger partial charge is 0.309 e. The number of thiophene rings is 1. The van der Waals surface area contributed by atoms with E-state index in [1.165, 1.54) is 35.4 Å². The lowest BCUT2D eigenvalue weighted by Gasteiger charge is -2.12. The Balaban J connectivity index is 1.73. The Hall–Kier alpha value is -0.600. The van der Waals surface area contributed by atoms with Crippen molar-refractivity contribution in [3.05, 3.63) is 33.5 Å². The molecule has 2 heteroatoms. The van der Waals surface area contributed by atoms with Crippen LogP contribution in [0.25, 0.3) is 0 Å². The van der Waals surface area contributed by atoms with Crippen molar-refractivity contribution < 1.29 is 0 Å². The maximum atomic E-state index is 3.61. The van der Waals surface area contributed by atoms with Crippen LogP contribution < -0.4 is 5.32 Å². The van der Waals surface area contributed by atoms with Crippen molar-refractivity contribution in [3.8, 4) is 0 Å². The molecule has 2 rings (SSSR count). The lowest BCUT2D eigenvalue weighted by atomic mass is 10.1. The Bertz CT molecular complexity index is 365. The lowest BCUT2D eigenvalue weighted by molar-refractivity contribution is 0.580. The zero-order valence-electron chi connectivity index (χ0n) is 10.3. The Kier molecular flexibility index (Phi) is 4.19. The summed E-state index contributed by atoms with van der Waals surface area (Å²) in [6.07, 6.45) is 7.65. The van der Waals surface area contributed by atoms with E-state index in [-0.39, 0.29) is 0 Å². The van der Waals surface area contributed by atoms with Crippen molar-refractivity contribution in [2.24, 2.45) is 0 Å². The Morgan fingerprint density at radius 3 is 2.94 bits per heavy atom. The molecule has 0 bridgehead atoms. The molecule has 1 N–H and O–H groups in total. The molecule has 0 radical (unpaired) electrons. The van der Waals surface area contributed by atoms with Gasteiger partial charge in [0.15, 0.2) is 0 Å². The van der Waals surface area contributed by atoms with E-state index in [0.717, 1.165) is 6.54 Å². The van der Waals surface area contributed by atoms with Gasteiger partial charge in [-0.2, -0.15) is 0 Å². The van der Waals surface area contributed by atoms with Crippen molar-refractivity contribution in [3.63, 3.8) is 0 Å². The van der Waals surface area contributed by atoms with Gasteiger partial charge in [-0.1, -0.05) is 11.6 Å². The fourth-order valence-electron chi connectivity index (χ4n) is 2.20. The number of rotatable bonds is 5. The van der Waals surface area contributed by atoms with Crippen LogP contribution in [-0.2, 0) is 0 Å². The highest BCUT2D eigenvalue weighted by molar-refractivity contribution is 7.12. The Morgan fingerprint density at radius 1 is 1.44 bits per heavy atom. The first-order valence-corrected chi connectivity index (χ1v) is 7.05. The summed E-state index contributed by atoms with van der Waals surface area (Å²) in [4.78, 5) is 2.86. The van der Waals surface area contributed by atoms with Crippen LogP contribution in [0.2, 0.25) is 0 Å². The quantitative estimate of drug-likeness (QED) is 0.754. The second-order valence-corrected chi connectivity index (χ2v) is 5.95. The maximum Gasteiger partial charge on any atom is 0.0386 e. The lowest BCUT2D eigenvalue weighted by Crippen LogP contribution is -2.19. The predicted molar refractivity (Wildman–Crippen MR) is 72.0 cm³/mol. The highest BCUT2D eigenvalue weighted by Gasteiger charge is 2.08. The summed E-state index contributed by atoms with van der Waals surface area (Å²) in [6.45, 7) is 5.54. The number of aryl methyl sites for hydroxylation is 1. The smallest absolute Gasteiger partial charge is 0.0386 e. The average molecular weight is 235 g/mol. The number of allylic oxidation sites excluding steroid dienone is 1. The molecule has 1 heterocycles. The fourth-order valence-corrected chi connectivity index (χ4v) is 3.10. The molecule has 0 saturated carbocycles. The average Bonchev–Trinajstić information content (AvgIpc) is 2.89. The SMILES string of the molecule is Cc1ccc(C(C)NCCC2=CCCC2)s1. The monoisotopic (exact) mass is 235 g/mol. The third-order valence-electron chi connectivity index (χ3n) is 3.22. The summed E-state index contributed by atoms with van der Waals surface area (Å²) in [6, 6.07) is 4.95. The van der Waals surface area contributed by atoms with Gasteiger partial charge in [0.1, 0.15) is 0 Å². The van der Waals surface area contributed by atoms with Crippen LogP contribution in [0.1, 0.15) is 48.4 Å². The summed E-state index contributed by atoms with van der Waals surface area (Å²) >= 11 is 1.90. The van der Waals surface area contributed by atoms with E-state index >= 15 is 0 Å². The zero-order chi connectivity index (χ0) is 11.4. The standard InChI is InChI=1S/C14H21NS/c1-11-7-8-14(16-11)12(2)15-10-9-13-5-3-4-6-13/h5,7-8,12,15H,3-4,6,9-10H2,1-2H3. The molecule has 1 aliphatic rings. The number of hydrogen-bond acceptors (Lipinski definition) is 2. The first-order chi connectivity index (χ1) is 7.75. The van der Waals surface area contributed by atoms with Crippen LogP contribution in [0, 0.1) is 6.92 Å². The van der Waals surface area contributed by atoms with Gasteiger partial charge in [0.05, 0.1) is 0 Å². The molecular formula is C14H21NS. The molecule has 1 unspecified atom stereocenters. The van der Waals surface area contributed by atoms with Gasteiger partial charge in [-0.25, -0.2) is 0 Å². The third kappa shape index (κ3) is 3.19. The molecule has 1 atom stereocenters. The van der Waals surface area contributed by atoms with Crippen molar-refractivity contribution in [2.75, 3.05) is 6.54 Å². The van der Waals surface area contributed by atoms with Gasteiger partial charge in [0.2, 0.25) is 0 Å². The minimum absolute atomic E-state index is 0.501. The van der Waals surface area contributed by atoms with Crippen LogP contribution in [0.15, 0.2) is 23.8 Å². The van der Waals surface area contributed by atoms with Crippen molar-refractivity contribution in [1.82, 2.24) is 5.32 Å². The third-order valence-corrected chi connectivity index (χ3v) is 4.40. The van der Waals surface area contributed by atoms with Crippen LogP contribution >= 0.6 is 11.3 Å². The molecule has 1 aromatic heterocycles. The number of nitrogens with one attached hydrogen (secondary N) is 1. The molecule has 1 nitrogen and oxygen atoms in total. The van der Waals surface area contributed by atoms with Gasteiger partial charge < -0.3 is 5.32 Å². The molecule has 0 spiro atoms. The molecule has 1 aromatic rings. The summed E-state index contributed by atoms with van der Waals surface area (Å²) in [5.74, 6) is 0. The van der Waals surface area contributed by atoms with Gasteiger partial charge in [-0.15, -0.1) is 11.3 Å². The summed E-state index contributed by atoms with van der Waals surface area (Å²) in [5.41, 5.74) is 1.65. The summed E-state index contributed by atoms with van der Waals surface area (Å²) < 4.78 is 0. The fraction of sp³-hybridized carbons (Fsp3) is 0.571. The van der Waals surface area contributed by atoms with E-state index < -0.39 is 0 Å². The van der Waals surface area contributed by atoms with Gasteiger partial charge in [0, 0.05) is 15.8 Å². The Morgan fingerprint density at radius 2 is 2.31 bits per heavy atom. The number of hydrogen-bond donors (Lipinski definition) is 1. The second-order valence-electron chi connectivity index (χ2n) is 4.63. The van der Waals surface area contributed by atoms with Crippen molar-refractivity contribution in [1.29, 1.82) is 0 Å². The molecule has 0 saturated heterocycles. The minimum atomic E-state index is 0.501. The first-order valence-electron chi connectivity index (χ1n) is 6.23. The van der Waals surface area contributed by atoms with Crippen LogP contribution in [0.4, 0.5) is 0 Å². The van der Waals surface area contributed by atoms with Gasteiger partial charge in [-0.05, 0) is 58.2 Å².